The van der Waals surface area contributed by atoms with Gasteiger partial charge in [0, 0.05) is 25.7 Å². The van der Waals surface area contributed by atoms with Gasteiger partial charge in [-0.3, -0.25) is 4.79 Å². The van der Waals surface area contributed by atoms with Crippen molar-refractivity contribution in [2.24, 2.45) is 0 Å². The van der Waals surface area contributed by atoms with Crippen molar-refractivity contribution >= 4 is 27.9 Å². The molecule has 1 aromatic heterocycles. The summed E-state index contributed by atoms with van der Waals surface area (Å²) < 4.78 is 0. The number of nitrogen functional groups attached to an aromatic ring is 1. The van der Waals surface area contributed by atoms with Gasteiger partial charge in [-0.2, -0.15) is 0 Å². The van der Waals surface area contributed by atoms with E-state index in [0.29, 0.717) is 16.5 Å². The van der Waals surface area contributed by atoms with Crippen LogP contribution in [0, 0.1) is 0 Å². The highest BCUT2D eigenvalue weighted by Gasteiger charge is 2.34. The summed E-state index contributed by atoms with van der Waals surface area (Å²) in [7, 11) is 1.66. The van der Waals surface area contributed by atoms with Crippen LogP contribution in [0.1, 0.15) is 60.7 Å². The Morgan fingerprint density at radius 2 is 1.95 bits per heavy atom. The Balaban J connectivity index is 2.41. The Bertz CT molecular complexity index is 474. The van der Waals surface area contributed by atoms with Crippen LogP contribution in [0.5, 0.6) is 0 Å². The molecule has 0 spiro atoms. The van der Waals surface area contributed by atoms with Crippen molar-refractivity contribution in [3.8, 4) is 0 Å². The van der Waals surface area contributed by atoms with Crippen LogP contribution in [-0.4, -0.2) is 26.0 Å². The lowest BCUT2D eigenvalue weighted by Gasteiger charge is -2.23. The average molecular weight is 295 g/mol. The molecule has 1 aliphatic rings. The number of nitrogens with two attached hydrogens (primary N) is 1. The SMILES string of the molecule is CCCN(CCC)c1sc(C(=O)NC)c(N)c1C1CC1. The van der Waals surface area contributed by atoms with Gasteiger partial charge in [0.2, 0.25) is 0 Å². The van der Waals surface area contributed by atoms with E-state index in [9.17, 15) is 4.79 Å². The molecule has 0 aromatic carbocycles. The molecule has 20 heavy (non-hydrogen) atoms. The van der Waals surface area contributed by atoms with Crippen LogP contribution < -0.4 is 16.0 Å². The van der Waals surface area contributed by atoms with E-state index >= 15 is 0 Å². The maximum atomic E-state index is 12.0. The number of nitrogens with zero attached hydrogens (tertiary/aromatic N) is 1. The second-order valence-electron chi connectivity index (χ2n) is 5.40. The molecule has 1 aliphatic carbocycles. The first-order valence-corrected chi connectivity index (χ1v) is 8.34. The number of hydrogen-bond donors (Lipinski definition) is 2. The zero-order chi connectivity index (χ0) is 14.7. The summed E-state index contributed by atoms with van der Waals surface area (Å²) in [5, 5.41) is 3.93. The Kier molecular flexibility index (Phi) is 4.91. The molecular weight excluding hydrogens is 270 g/mol. The molecule has 1 fully saturated rings. The zero-order valence-electron chi connectivity index (χ0n) is 12.7. The summed E-state index contributed by atoms with van der Waals surface area (Å²) in [6.07, 6.45) is 4.62. The maximum Gasteiger partial charge on any atom is 0.263 e. The van der Waals surface area contributed by atoms with E-state index in [1.54, 1.807) is 18.4 Å². The van der Waals surface area contributed by atoms with Crippen molar-refractivity contribution in [3.05, 3.63) is 10.4 Å². The number of nitrogens with one attached hydrogen (secondary N) is 1. The molecule has 2 rings (SSSR count). The highest BCUT2D eigenvalue weighted by Crippen LogP contribution is 2.52. The monoisotopic (exact) mass is 295 g/mol. The fourth-order valence-electron chi connectivity index (χ4n) is 2.58. The third-order valence-corrected chi connectivity index (χ3v) is 4.94. The summed E-state index contributed by atoms with van der Waals surface area (Å²) in [6, 6.07) is 0. The first-order chi connectivity index (χ1) is 9.63. The van der Waals surface area contributed by atoms with Gasteiger partial charge < -0.3 is 16.0 Å². The van der Waals surface area contributed by atoms with Crippen molar-refractivity contribution in [2.45, 2.75) is 45.4 Å². The van der Waals surface area contributed by atoms with E-state index in [2.05, 4.69) is 24.1 Å². The Labute approximate surface area is 125 Å². The minimum Gasteiger partial charge on any atom is -0.397 e. The topological polar surface area (TPSA) is 58.4 Å². The molecule has 0 saturated heterocycles. The predicted molar refractivity (Wildman–Crippen MR) is 86.9 cm³/mol. The molecule has 0 aliphatic heterocycles. The number of carbonyl (C=O) groups excluding carboxylic acids is 1. The molecule has 112 valence electrons. The summed E-state index contributed by atoms with van der Waals surface area (Å²) in [4.78, 5) is 15.1. The Hall–Kier alpha value is -1.23. The van der Waals surface area contributed by atoms with Crippen LogP contribution >= 0.6 is 11.3 Å². The first-order valence-electron chi connectivity index (χ1n) is 7.53. The van der Waals surface area contributed by atoms with E-state index in [1.165, 1.54) is 23.4 Å². The van der Waals surface area contributed by atoms with E-state index in [-0.39, 0.29) is 5.91 Å². The largest absolute Gasteiger partial charge is 0.397 e. The summed E-state index contributed by atoms with van der Waals surface area (Å²) in [5.74, 6) is 0.504. The molecule has 1 aromatic rings. The van der Waals surface area contributed by atoms with Gasteiger partial charge in [-0.25, -0.2) is 0 Å². The predicted octanol–water partition coefficient (Wildman–Crippen LogP) is 3.19. The third kappa shape index (κ3) is 2.92. The van der Waals surface area contributed by atoms with Gasteiger partial charge in [0.15, 0.2) is 0 Å². The number of rotatable bonds is 7. The minimum absolute atomic E-state index is 0.0615. The normalized spacial score (nSPS) is 14.3. The molecule has 1 heterocycles. The average Bonchev–Trinajstić information content (AvgIpc) is 3.21. The Morgan fingerprint density at radius 1 is 1.35 bits per heavy atom. The van der Waals surface area contributed by atoms with Gasteiger partial charge >= 0.3 is 0 Å². The highest BCUT2D eigenvalue weighted by atomic mass is 32.1. The van der Waals surface area contributed by atoms with Crippen molar-refractivity contribution in [2.75, 3.05) is 30.8 Å². The second kappa shape index (κ2) is 6.48. The summed E-state index contributed by atoms with van der Waals surface area (Å²) in [5.41, 5.74) is 8.22. The molecule has 5 heteroatoms. The standard InChI is InChI=1S/C15H25N3OS/c1-4-8-18(9-5-2)15-11(10-6-7-10)12(16)13(20-15)14(19)17-3/h10H,4-9,16H2,1-3H3,(H,17,19). The second-order valence-corrected chi connectivity index (χ2v) is 6.40. The molecule has 1 amide bonds. The van der Waals surface area contributed by atoms with Crippen LogP contribution in [0.4, 0.5) is 10.7 Å². The lowest BCUT2D eigenvalue weighted by Crippen LogP contribution is -2.24. The number of thiophene rings is 1. The van der Waals surface area contributed by atoms with Crippen molar-refractivity contribution in [1.29, 1.82) is 0 Å². The molecule has 0 unspecified atom stereocenters. The van der Waals surface area contributed by atoms with Crippen molar-refractivity contribution in [3.63, 3.8) is 0 Å². The van der Waals surface area contributed by atoms with Gasteiger partial charge in [0.1, 0.15) is 4.88 Å². The molecule has 1 saturated carbocycles. The maximum absolute atomic E-state index is 12.0. The molecular formula is C15H25N3OS. The summed E-state index contributed by atoms with van der Waals surface area (Å²) in [6.45, 7) is 6.44. The van der Waals surface area contributed by atoms with E-state index in [1.807, 2.05) is 0 Å². The lowest BCUT2D eigenvalue weighted by molar-refractivity contribution is 0.0968. The lowest BCUT2D eigenvalue weighted by atomic mass is 10.1. The fraction of sp³-hybridized carbons (Fsp3) is 0.667. The number of anilines is 2. The van der Waals surface area contributed by atoms with Gasteiger partial charge in [-0.15, -0.1) is 11.3 Å². The number of amides is 1. The van der Waals surface area contributed by atoms with Crippen LogP contribution in [-0.2, 0) is 0 Å². The molecule has 0 atom stereocenters. The molecule has 4 nitrogen and oxygen atoms in total. The zero-order valence-corrected chi connectivity index (χ0v) is 13.5. The van der Waals surface area contributed by atoms with E-state index in [4.69, 9.17) is 5.73 Å². The van der Waals surface area contributed by atoms with Crippen LogP contribution in [0.3, 0.4) is 0 Å². The van der Waals surface area contributed by atoms with Crippen LogP contribution in [0.25, 0.3) is 0 Å². The minimum atomic E-state index is -0.0615. The molecule has 0 bridgehead atoms. The van der Waals surface area contributed by atoms with Crippen LogP contribution in [0.15, 0.2) is 0 Å². The van der Waals surface area contributed by atoms with Gasteiger partial charge in [0.05, 0.1) is 10.7 Å². The Morgan fingerprint density at radius 3 is 2.40 bits per heavy atom. The fourth-order valence-corrected chi connectivity index (χ4v) is 3.89. The highest BCUT2D eigenvalue weighted by molar-refractivity contribution is 7.18. The number of hydrogen-bond acceptors (Lipinski definition) is 4. The third-order valence-electron chi connectivity index (χ3n) is 3.66. The molecule has 0 radical (unpaired) electrons. The van der Waals surface area contributed by atoms with Gasteiger partial charge in [-0.05, 0) is 31.6 Å². The van der Waals surface area contributed by atoms with Gasteiger partial charge in [0.25, 0.3) is 5.91 Å². The smallest absolute Gasteiger partial charge is 0.263 e. The number of carbonyl (C=O) groups is 1. The van der Waals surface area contributed by atoms with E-state index in [0.717, 1.165) is 25.9 Å². The molecule has 3 N–H and O–H groups in total. The quantitative estimate of drug-likeness (QED) is 0.812. The first kappa shape index (κ1) is 15.2. The van der Waals surface area contributed by atoms with Crippen molar-refractivity contribution in [1.82, 2.24) is 5.32 Å². The summed E-state index contributed by atoms with van der Waals surface area (Å²) >= 11 is 1.56. The van der Waals surface area contributed by atoms with Gasteiger partial charge in [-0.1, -0.05) is 13.8 Å². The van der Waals surface area contributed by atoms with E-state index < -0.39 is 0 Å². The van der Waals surface area contributed by atoms with Crippen molar-refractivity contribution < 1.29 is 4.79 Å². The van der Waals surface area contributed by atoms with Crippen LogP contribution in [0.2, 0.25) is 0 Å².